The van der Waals surface area contributed by atoms with Gasteiger partial charge < -0.3 is 20.1 Å². The molecule has 0 unspecified atom stereocenters. The van der Waals surface area contributed by atoms with E-state index < -0.39 is 5.97 Å². The third kappa shape index (κ3) is 5.53. The van der Waals surface area contributed by atoms with Gasteiger partial charge in [-0.3, -0.25) is 4.79 Å². The van der Waals surface area contributed by atoms with Crippen molar-refractivity contribution in [2.45, 2.75) is 51.0 Å². The molecule has 0 atom stereocenters. The van der Waals surface area contributed by atoms with Crippen molar-refractivity contribution in [1.82, 2.24) is 10.2 Å². The number of likely N-dealkylation sites (tertiary alicyclic amines) is 1. The Morgan fingerprint density at radius 1 is 1.14 bits per heavy atom. The maximum absolute atomic E-state index is 12.1. The molecule has 2 fully saturated rings. The molecule has 0 radical (unpaired) electrons. The van der Waals surface area contributed by atoms with Crippen LogP contribution in [0.15, 0.2) is 0 Å². The van der Waals surface area contributed by atoms with Crippen molar-refractivity contribution in [1.29, 1.82) is 0 Å². The van der Waals surface area contributed by atoms with Crippen LogP contribution in [-0.2, 0) is 9.53 Å². The van der Waals surface area contributed by atoms with Crippen LogP contribution in [-0.4, -0.2) is 54.4 Å². The van der Waals surface area contributed by atoms with Crippen LogP contribution in [0.25, 0.3) is 0 Å². The van der Waals surface area contributed by atoms with Gasteiger partial charge in [0.2, 0.25) is 0 Å². The number of urea groups is 1. The van der Waals surface area contributed by atoms with Crippen LogP contribution >= 0.6 is 0 Å². The molecule has 0 aromatic heterocycles. The van der Waals surface area contributed by atoms with Crippen molar-refractivity contribution in [2.24, 2.45) is 5.92 Å². The Hall–Kier alpha value is -1.30. The van der Waals surface area contributed by atoms with Gasteiger partial charge in [0, 0.05) is 19.6 Å². The van der Waals surface area contributed by atoms with Gasteiger partial charge in [-0.1, -0.05) is 12.8 Å². The Bertz CT molecular complexity index is 348. The van der Waals surface area contributed by atoms with E-state index in [-0.39, 0.29) is 25.2 Å². The lowest BCUT2D eigenvalue weighted by molar-refractivity contribution is -0.138. The summed E-state index contributed by atoms with van der Waals surface area (Å²) in [6, 6.07) is 0.0332. The van der Waals surface area contributed by atoms with Crippen molar-refractivity contribution in [2.75, 3.05) is 26.2 Å². The standard InChI is InChI=1S/C15H26N2O4/c18-14(19)7-10-21-13-5-8-17(9-6-13)15(20)16-11-12-3-1-2-4-12/h12-13H,1-11H2,(H,16,20)(H,18,19). The molecular weight excluding hydrogens is 272 g/mol. The first kappa shape index (κ1) is 16.1. The van der Waals surface area contributed by atoms with Gasteiger partial charge in [-0.2, -0.15) is 0 Å². The molecule has 2 aliphatic rings. The van der Waals surface area contributed by atoms with Gasteiger partial charge >= 0.3 is 12.0 Å². The molecule has 6 heteroatoms. The van der Waals surface area contributed by atoms with Gasteiger partial charge in [0.15, 0.2) is 0 Å². The maximum atomic E-state index is 12.1. The molecule has 0 aromatic carbocycles. The number of rotatable bonds is 6. The number of nitrogens with one attached hydrogen (secondary N) is 1. The second kappa shape index (κ2) is 8.22. The van der Waals surface area contributed by atoms with E-state index in [4.69, 9.17) is 9.84 Å². The van der Waals surface area contributed by atoms with Crippen molar-refractivity contribution in [3.8, 4) is 0 Å². The molecule has 6 nitrogen and oxygen atoms in total. The van der Waals surface area contributed by atoms with Crippen LogP contribution < -0.4 is 5.32 Å². The average Bonchev–Trinajstić information content (AvgIpc) is 2.98. The molecule has 2 N–H and O–H groups in total. The highest BCUT2D eigenvalue weighted by atomic mass is 16.5. The average molecular weight is 298 g/mol. The second-order valence-electron chi connectivity index (χ2n) is 6.04. The number of nitrogens with zero attached hydrogens (tertiary/aromatic N) is 1. The summed E-state index contributed by atoms with van der Waals surface area (Å²) in [5.74, 6) is -0.176. The minimum Gasteiger partial charge on any atom is -0.481 e. The molecule has 1 aliphatic heterocycles. The smallest absolute Gasteiger partial charge is 0.317 e. The topological polar surface area (TPSA) is 78.9 Å². The first-order chi connectivity index (χ1) is 10.1. The number of carbonyl (C=O) groups excluding carboxylic acids is 1. The van der Waals surface area contributed by atoms with Gasteiger partial charge in [0.1, 0.15) is 0 Å². The molecular formula is C15H26N2O4. The third-order valence-corrected chi connectivity index (χ3v) is 4.42. The lowest BCUT2D eigenvalue weighted by Gasteiger charge is -2.32. The maximum Gasteiger partial charge on any atom is 0.317 e. The van der Waals surface area contributed by atoms with Crippen molar-refractivity contribution < 1.29 is 19.4 Å². The van der Waals surface area contributed by atoms with Gasteiger partial charge in [-0.05, 0) is 31.6 Å². The Kier molecular flexibility index (Phi) is 6.29. The van der Waals surface area contributed by atoms with Gasteiger partial charge in [0.25, 0.3) is 0 Å². The van der Waals surface area contributed by atoms with Crippen molar-refractivity contribution in [3.05, 3.63) is 0 Å². The molecule has 0 bridgehead atoms. The molecule has 21 heavy (non-hydrogen) atoms. The van der Waals surface area contributed by atoms with E-state index in [1.54, 1.807) is 0 Å². The minimum absolute atomic E-state index is 0.0332. The predicted octanol–water partition coefficient (Wildman–Crippen LogP) is 1.84. The number of hydrogen-bond donors (Lipinski definition) is 2. The van der Waals surface area contributed by atoms with E-state index in [2.05, 4.69) is 5.32 Å². The van der Waals surface area contributed by atoms with E-state index in [0.29, 0.717) is 19.0 Å². The highest BCUT2D eigenvalue weighted by molar-refractivity contribution is 5.74. The monoisotopic (exact) mass is 298 g/mol. The Morgan fingerprint density at radius 2 is 1.81 bits per heavy atom. The van der Waals surface area contributed by atoms with Gasteiger partial charge in [0.05, 0.1) is 19.1 Å². The SMILES string of the molecule is O=C(O)CCOC1CCN(C(=O)NCC2CCCC2)CC1. The number of carbonyl (C=O) groups is 2. The summed E-state index contributed by atoms with van der Waals surface area (Å²) in [5, 5.41) is 11.6. The van der Waals surface area contributed by atoms with E-state index in [1.807, 2.05) is 4.90 Å². The molecule has 0 spiro atoms. The molecule has 2 amide bonds. The van der Waals surface area contributed by atoms with E-state index >= 15 is 0 Å². The van der Waals surface area contributed by atoms with E-state index in [0.717, 1.165) is 19.4 Å². The number of aliphatic carboxylic acids is 1. The normalized spacial score (nSPS) is 20.7. The highest BCUT2D eigenvalue weighted by Crippen LogP contribution is 2.23. The number of amides is 2. The quantitative estimate of drug-likeness (QED) is 0.784. The number of carboxylic acid groups (broad SMARTS) is 1. The lowest BCUT2D eigenvalue weighted by atomic mass is 10.1. The second-order valence-corrected chi connectivity index (χ2v) is 6.04. The van der Waals surface area contributed by atoms with Crippen LogP contribution in [0.4, 0.5) is 4.79 Å². The summed E-state index contributed by atoms with van der Waals surface area (Å²) in [7, 11) is 0. The summed E-state index contributed by atoms with van der Waals surface area (Å²) in [4.78, 5) is 24.3. The third-order valence-electron chi connectivity index (χ3n) is 4.42. The Labute approximate surface area is 125 Å². The summed E-state index contributed by atoms with van der Waals surface area (Å²) < 4.78 is 5.52. The molecule has 1 aliphatic carbocycles. The van der Waals surface area contributed by atoms with Gasteiger partial charge in [-0.15, -0.1) is 0 Å². The molecule has 2 rings (SSSR count). The minimum atomic E-state index is -0.835. The Morgan fingerprint density at radius 3 is 2.43 bits per heavy atom. The van der Waals surface area contributed by atoms with E-state index in [1.165, 1.54) is 25.7 Å². The molecule has 120 valence electrons. The van der Waals surface area contributed by atoms with Crippen LogP contribution in [0.3, 0.4) is 0 Å². The highest BCUT2D eigenvalue weighted by Gasteiger charge is 2.24. The number of piperidine rings is 1. The fourth-order valence-electron chi connectivity index (χ4n) is 3.10. The first-order valence-electron chi connectivity index (χ1n) is 8.01. The zero-order valence-corrected chi connectivity index (χ0v) is 12.6. The predicted molar refractivity (Wildman–Crippen MR) is 78.2 cm³/mol. The molecule has 1 saturated heterocycles. The van der Waals surface area contributed by atoms with Crippen LogP contribution in [0, 0.1) is 5.92 Å². The number of hydrogen-bond acceptors (Lipinski definition) is 3. The van der Waals surface area contributed by atoms with Gasteiger partial charge in [-0.25, -0.2) is 4.79 Å². The molecule has 1 heterocycles. The largest absolute Gasteiger partial charge is 0.481 e. The fourth-order valence-corrected chi connectivity index (χ4v) is 3.10. The molecule has 0 aromatic rings. The summed E-state index contributed by atoms with van der Waals surface area (Å²) in [6.45, 7) is 2.43. The zero-order valence-electron chi connectivity index (χ0n) is 12.6. The van der Waals surface area contributed by atoms with Crippen LogP contribution in [0.5, 0.6) is 0 Å². The lowest BCUT2D eigenvalue weighted by Crippen LogP contribution is -2.46. The number of carboxylic acids is 1. The van der Waals surface area contributed by atoms with Crippen LogP contribution in [0.1, 0.15) is 44.9 Å². The fraction of sp³-hybridized carbons (Fsp3) is 0.867. The van der Waals surface area contributed by atoms with Crippen molar-refractivity contribution in [3.63, 3.8) is 0 Å². The number of ether oxygens (including phenoxy) is 1. The zero-order chi connectivity index (χ0) is 15.1. The van der Waals surface area contributed by atoms with E-state index in [9.17, 15) is 9.59 Å². The Balaban J connectivity index is 1.59. The summed E-state index contributed by atoms with van der Waals surface area (Å²) in [6.07, 6.45) is 6.76. The first-order valence-corrected chi connectivity index (χ1v) is 8.01. The molecule has 1 saturated carbocycles. The summed E-state index contributed by atoms with van der Waals surface area (Å²) in [5.41, 5.74) is 0. The van der Waals surface area contributed by atoms with Crippen molar-refractivity contribution >= 4 is 12.0 Å². The van der Waals surface area contributed by atoms with Crippen LogP contribution in [0.2, 0.25) is 0 Å². The summed E-state index contributed by atoms with van der Waals surface area (Å²) >= 11 is 0.